The molecule has 1 fully saturated rings. The standard InChI is InChI=1S/C24H28N4O2/c1-17-6-8-20(9-7-17)24-27-22(18(2)30-24)16-28-13-10-19(11-14-28)15-26-23(29)21-5-3-4-12-25-21/h3-9,12,19H,10-11,13-16H2,1-2H3,(H,26,29). The molecule has 3 aromatic rings. The molecular weight excluding hydrogens is 376 g/mol. The van der Waals surface area contributed by atoms with Gasteiger partial charge in [-0.2, -0.15) is 0 Å². The predicted octanol–water partition coefficient (Wildman–Crippen LogP) is 4.00. The molecule has 4 rings (SSSR count). The summed E-state index contributed by atoms with van der Waals surface area (Å²) in [5.74, 6) is 1.97. The van der Waals surface area contributed by atoms with Crippen molar-refractivity contribution in [1.82, 2.24) is 20.2 Å². The molecule has 0 saturated carbocycles. The molecule has 0 spiro atoms. The summed E-state index contributed by atoms with van der Waals surface area (Å²) in [6, 6.07) is 13.6. The Morgan fingerprint density at radius 1 is 1.13 bits per heavy atom. The Balaban J connectivity index is 1.27. The van der Waals surface area contributed by atoms with Gasteiger partial charge in [0.15, 0.2) is 0 Å². The van der Waals surface area contributed by atoms with E-state index in [1.165, 1.54) is 5.56 Å². The van der Waals surface area contributed by atoms with Crippen LogP contribution in [0.15, 0.2) is 53.1 Å². The van der Waals surface area contributed by atoms with E-state index in [2.05, 4.69) is 46.4 Å². The van der Waals surface area contributed by atoms with Gasteiger partial charge in [-0.15, -0.1) is 0 Å². The Hall–Kier alpha value is -2.99. The fourth-order valence-corrected chi connectivity index (χ4v) is 3.78. The number of carbonyl (C=O) groups is 1. The lowest BCUT2D eigenvalue weighted by molar-refractivity contribution is 0.0930. The van der Waals surface area contributed by atoms with Crippen molar-refractivity contribution in [3.63, 3.8) is 0 Å². The first-order valence-corrected chi connectivity index (χ1v) is 10.5. The lowest BCUT2D eigenvalue weighted by Gasteiger charge is -2.31. The summed E-state index contributed by atoms with van der Waals surface area (Å²) in [7, 11) is 0. The summed E-state index contributed by atoms with van der Waals surface area (Å²) in [6.45, 7) is 7.55. The molecule has 156 valence electrons. The molecule has 1 amide bonds. The number of pyridine rings is 1. The number of hydrogen-bond donors (Lipinski definition) is 1. The van der Waals surface area contributed by atoms with E-state index >= 15 is 0 Å². The van der Waals surface area contributed by atoms with E-state index in [1.54, 1.807) is 12.3 Å². The van der Waals surface area contributed by atoms with Crippen LogP contribution in [0.2, 0.25) is 0 Å². The van der Waals surface area contributed by atoms with Gasteiger partial charge < -0.3 is 9.73 Å². The van der Waals surface area contributed by atoms with Gasteiger partial charge in [0.1, 0.15) is 11.5 Å². The molecule has 1 aromatic carbocycles. The number of likely N-dealkylation sites (tertiary alicyclic amines) is 1. The van der Waals surface area contributed by atoms with Crippen molar-refractivity contribution >= 4 is 5.91 Å². The summed E-state index contributed by atoms with van der Waals surface area (Å²) < 4.78 is 5.92. The molecule has 2 aromatic heterocycles. The van der Waals surface area contributed by atoms with Gasteiger partial charge >= 0.3 is 0 Å². The van der Waals surface area contributed by atoms with E-state index < -0.39 is 0 Å². The number of hydrogen-bond acceptors (Lipinski definition) is 5. The molecule has 6 heteroatoms. The minimum Gasteiger partial charge on any atom is -0.441 e. The quantitative estimate of drug-likeness (QED) is 0.672. The van der Waals surface area contributed by atoms with Crippen molar-refractivity contribution < 1.29 is 9.21 Å². The number of aryl methyl sites for hydroxylation is 2. The first kappa shape index (κ1) is 20.3. The second-order valence-corrected chi connectivity index (χ2v) is 8.03. The van der Waals surface area contributed by atoms with E-state index in [9.17, 15) is 4.79 Å². The van der Waals surface area contributed by atoms with Gasteiger partial charge in [-0.05, 0) is 70.0 Å². The summed E-state index contributed by atoms with van der Waals surface area (Å²) in [4.78, 5) is 23.4. The van der Waals surface area contributed by atoms with Gasteiger partial charge in [0, 0.05) is 24.8 Å². The zero-order chi connectivity index (χ0) is 20.9. The Kier molecular flexibility index (Phi) is 6.23. The second-order valence-electron chi connectivity index (χ2n) is 8.03. The van der Waals surface area contributed by atoms with Crippen molar-refractivity contribution in [3.05, 3.63) is 71.4 Å². The highest BCUT2D eigenvalue weighted by atomic mass is 16.4. The van der Waals surface area contributed by atoms with E-state index in [1.807, 2.05) is 19.1 Å². The molecule has 30 heavy (non-hydrogen) atoms. The molecule has 1 aliphatic rings. The number of rotatable bonds is 6. The zero-order valence-corrected chi connectivity index (χ0v) is 17.6. The molecule has 1 saturated heterocycles. The Bertz CT molecular complexity index is 974. The third kappa shape index (κ3) is 4.94. The third-order valence-electron chi connectivity index (χ3n) is 5.72. The van der Waals surface area contributed by atoms with Crippen LogP contribution in [0.25, 0.3) is 11.5 Å². The maximum atomic E-state index is 12.2. The van der Waals surface area contributed by atoms with E-state index in [0.29, 0.717) is 24.0 Å². The Morgan fingerprint density at radius 3 is 2.60 bits per heavy atom. The number of aromatic nitrogens is 2. The topological polar surface area (TPSA) is 71.3 Å². The fraction of sp³-hybridized carbons (Fsp3) is 0.375. The van der Waals surface area contributed by atoms with E-state index in [4.69, 9.17) is 9.40 Å². The number of amides is 1. The smallest absolute Gasteiger partial charge is 0.269 e. The summed E-state index contributed by atoms with van der Waals surface area (Å²) in [6.07, 6.45) is 3.76. The van der Waals surface area contributed by atoms with Crippen LogP contribution in [0.4, 0.5) is 0 Å². The van der Waals surface area contributed by atoms with Crippen molar-refractivity contribution in [2.75, 3.05) is 19.6 Å². The Labute approximate surface area is 177 Å². The zero-order valence-electron chi connectivity index (χ0n) is 17.6. The lowest BCUT2D eigenvalue weighted by Crippen LogP contribution is -2.38. The van der Waals surface area contributed by atoms with Gasteiger partial charge in [0.25, 0.3) is 5.91 Å². The molecule has 6 nitrogen and oxygen atoms in total. The highest BCUT2D eigenvalue weighted by Crippen LogP contribution is 2.24. The summed E-state index contributed by atoms with van der Waals surface area (Å²) in [5.41, 5.74) is 3.71. The van der Waals surface area contributed by atoms with Gasteiger partial charge in [-0.1, -0.05) is 23.8 Å². The van der Waals surface area contributed by atoms with Gasteiger partial charge in [-0.25, -0.2) is 4.98 Å². The van der Waals surface area contributed by atoms with Crippen molar-refractivity contribution in [2.45, 2.75) is 33.2 Å². The van der Waals surface area contributed by atoms with Crippen molar-refractivity contribution in [3.8, 4) is 11.5 Å². The number of carbonyl (C=O) groups excluding carboxylic acids is 1. The number of benzene rings is 1. The minimum atomic E-state index is -0.0973. The molecule has 0 aliphatic carbocycles. The molecular formula is C24H28N4O2. The van der Waals surface area contributed by atoms with Crippen LogP contribution in [-0.4, -0.2) is 40.4 Å². The van der Waals surface area contributed by atoms with Gasteiger partial charge in [-0.3, -0.25) is 14.7 Å². The maximum absolute atomic E-state index is 12.2. The molecule has 1 aliphatic heterocycles. The average molecular weight is 405 g/mol. The number of piperidine rings is 1. The third-order valence-corrected chi connectivity index (χ3v) is 5.72. The van der Waals surface area contributed by atoms with Crippen LogP contribution in [-0.2, 0) is 6.54 Å². The minimum absolute atomic E-state index is 0.0973. The number of oxazole rings is 1. The first-order chi connectivity index (χ1) is 14.6. The largest absolute Gasteiger partial charge is 0.441 e. The summed E-state index contributed by atoms with van der Waals surface area (Å²) in [5, 5.41) is 3.02. The molecule has 0 atom stereocenters. The van der Waals surface area contributed by atoms with Crippen LogP contribution in [0.1, 0.15) is 40.3 Å². The SMILES string of the molecule is Cc1ccc(-c2nc(CN3CCC(CNC(=O)c4ccccn4)CC3)c(C)o2)cc1. The van der Waals surface area contributed by atoms with Crippen LogP contribution < -0.4 is 5.32 Å². The Morgan fingerprint density at radius 2 is 1.90 bits per heavy atom. The van der Waals surface area contributed by atoms with E-state index in [0.717, 1.165) is 49.5 Å². The van der Waals surface area contributed by atoms with Crippen molar-refractivity contribution in [1.29, 1.82) is 0 Å². The molecule has 0 unspecified atom stereocenters. The summed E-state index contributed by atoms with van der Waals surface area (Å²) >= 11 is 0. The van der Waals surface area contributed by atoms with E-state index in [-0.39, 0.29) is 5.91 Å². The predicted molar refractivity (Wildman–Crippen MR) is 116 cm³/mol. The van der Waals surface area contributed by atoms with Crippen LogP contribution in [0.3, 0.4) is 0 Å². The highest BCUT2D eigenvalue weighted by molar-refractivity contribution is 5.92. The highest BCUT2D eigenvalue weighted by Gasteiger charge is 2.22. The van der Waals surface area contributed by atoms with Gasteiger partial charge in [0.05, 0.1) is 5.69 Å². The number of nitrogens with one attached hydrogen (secondary N) is 1. The van der Waals surface area contributed by atoms with Crippen LogP contribution in [0, 0.1) is 19.8 Å². The molecule has 1 N–H and O–H groups in total. The molecule has 3 heterocycles. The molecule has 0 radical (unpaired) electrons. The lowest BCUT2D eigenvalue weighted by atomic mass is 9.96. The second kappa shape index (κ2) is 9.22. The molecule has 0 bridgehead atoms. The monoisotopic (exact) mass is 404 g/mol. The average Bonchev–Trinajstić information content (AvgIpc) is 3.14. The normalized spacial score (nSPS) is 15.3. The van der Waals surface area contributed by atoms with Gasteiger partial charge in [0.2, 0.25) is 5.89 Å². The maximum Gasteiger partial charge on any atom is 0.269 e. The number of nitrogens with zero attached hydrogens (tertiary/aromatic N) is 3. The van der Waals surface area contributed by atoms with Crippen molar-refractivity contribution in [2.24, 2.45) is 5.92 Å². The fourth-order valence-electron chi connectivity index (χ4n) is 3.78. The van der Waals surface area contributed by atoms with Crippen LogP contribution in [0.5, 0.6) is 0 Å². The first-order valence-electron chi connectivity index (χ1n) is 10.5. The van der Waals surface area contributed by atoms with Crippen LogP contribution >= 0.6 is 0 Å².